The van der Waals surface area contributed by atoms with Gasteiger partial charge in [-0.1, -0.05) is 48.6 Å². The van der Waals surface area contributed by atoms with Crippen LogP contribution in [-0.2, 0) is 25.2 Å². The number of nitrogens with zero attached hydrogens (tertiary/aromatic N) is 1. The summed E-state index contributed by atoms with van der Waals surface area (Å²) in [5, 5.41) is 3.40. The summed E-state index contributed by atoms with van der Waals surface area (Å²) in [6.45, 7) is -0.394. The summed E-state index contributed by atoms with van der Waals surface area (Å²) < 4.78 is 55.9. The van der Waals surface area contributed by atoms with Crippen molar-refractivity contribution in [2.24, 2.45) is 0 Å². The number of sulfone groups is 1. The largest absolute Gasteiger partial charge is 0.352 e. The van der Waals surface area contributed by atoms with Gasteiger partial charge in [0.25, 0.3) is 0 Å². The molecule has 0 aliphatic heterocycles. The van der Waals surface area contributed by atoms with Gasteiger partial charge in [-0.2, -0.15) is 0 Å². The summed E-state index contributed by atoms with van der Waals surface area (Å²) in [6, 6.07) is 10.8. The van der Waals surface area contributed by atoms with Gasteiger partial charge in [-0.15, -0.1) is 11.3 Å². The number of nitrogens with one attached hydrogen (secondary N) is 2. The molecular weight excluding hydrogens is 556 g/mol. The van der Waals surface area contributed by atoms with Crippen LogP contribution in [0, 0.1) is 5.82 Å². The lowest BCUT2D eigenvalue weighted by Gasteiger charge is -2.16. The fourth-order valence-electron chi connectivity index (χ4n) is 4.12. The number of aromatic nitrogens is 1. The minimum atomic E-state index is -4.32. The van der Waals surface area contributed by atoms with Crippen molar-refractivity contribution in [2.45, 2.75) is 29.9 Å². The van der Waals surface area contributed by atoms with Gasteiger partial charge in [-0.25, -0.2) is 22.2 Å². The van der Waals surface area contributed by atoms with Crippen LogP contribution in [0.25, 0.3) is 15.8 Å². The highest BCUT2D eigenvalue weighted by Gasteiger charge is 2.38. The van der Waals surface area contributed by atoms with Gasteiger partial charge in [-0.05, 0) is 54.3 Å². The van der Waals surface area contributed by atoms with E-state index >= 15 is 0 Å². The van der Waals surface area contributed by atoms with Crippen LogP contribution in [0.5, 0.6) is 0 Å². The van der Waals surface area contributed by atoms with E-state index in [0.717, 1.165) is 41.4 Å². The Balaban J connectivity index is 1.48. The van der Waals surface area contributed by atoms with Crippen LogP contribution < -0.4 is 10.6 Å². The molecule has 1 saturated carbocycles. The van der Waals surface area contributed by atoms with Gasteiger partial charge in [0.05, 0.1) is 22.5 Å². The third-order valence-electron chi connectivity index (χ3n) is 6.30. The van der Waals surface area contributed by atoms with Crippen LogP contribution in [0.15, 0.2) is 84.7 Å². The molecule has 0 bridgehead atoms. The number of fused-ring (bicyclic) bond motifs is 1. The molecule has 206 valence electrons. The highest BCUT2D eigenvalue weighted by molar-refractivity contribution is 7.91. The number of rotatable bonds is 9. The fraction of sp³-hybridized carbons (Fsp3) is 0.207. The molecule has 7 nitrogen and oxygen atoms in total. The predicted molar refractivity (Wildman–Crippen MR) is 151 cm³/mol. The molecule has 11 heteroatoms. The maximum Gasteiger partial charge on any atom is 0.245 e. The van der Waals surface area contributed by atoms with Crippen LogP contribution in [0.1, 0.15) is 34.2 Å². The van der Waals surface area contributed by atoms with Gasteiger partial charge in [-0.3, -0.25) is 9.59 Å². The van der Waals surface area contributed by atoms with Gasteiger partial charge in [0.1, 0.15) is 16.7 Å². The Bertz CT molecular complexity index is 1700. The van der Waals surface area contributed by atoms with Crippen LogP contribution in [-0.4, -0.2) is 37.8 Å². The first-order chi connectivity index (χ1) is 19.2. The van der Waals surface area contributed by atoms with Crippen molar-refractivity contribution in [1.29, 1.82) is 0 Å². The van der Waals surface area contributed by atoms with Crippen molar-refractivity contribution in [3.8, 4) is 0 Å². The minimum Gasteiger partial charge on any atom is -0.352 e. The number of thiazole rings is 1. The van der Waals surface area contributed by atoms with Gasteiger partial charge >= 0.3 is 0 Å². The molecule has 2 aliphatic rings. The number of hydrogen-bond donors (Lipinski definition) is 2. The molecule has 2 aliphatic carbocycles. The Morgan fingerprint density at radius 3 is 2.60 bits per heavy atom. The predicted octanol–water partition coefficient (Wildman–Crippen LogP) is 4.85. The van der Waals surface area contributed by atoms with Crippen LogP contribution >= 0.6 is 11.3 Å². The Morgan fingerprint density at radius 1 is 1.05 bits per heavy atom. The second-order valence-corrected chi connectivity index (χ2v) is 12.6. The molecule has 2 aromatic carbocycles. The number of amides is 2. The van der Waals surface area contributed by atoms with Crippen molar-refractivity contribution < 1.29 is 26.8 Å². The molecule has 1 atom stereocenters. The first kappa shape index (κ1) is 27.6. The zero-order valence-electron chi connectivity index (χ0n) is 21.1. The normalized spacial score (nSPS) is 20.2. The van der Waals surface area contributed by atoms with Crippen molar-refractivity contribution in [3.63, 3.8) is 0 Å². The number of benzene rings is 2. The molecule has 0 radical (unpaired) electrons. The molecule has 0 spiro atoms. The lowest BCUT2D eigenvalue weighted by Crippen LogP contribution is -2.41. The molecule has 1 aromatic heterocycles. The molecular formula is C29H25F2N3O4S2. The lowest BCUT2D eigenvalue weighted by molar-refractivity contribution is -0.126. The lowest BCUT2D eigenvalue weighted by atomic mass is 10.0. The Kier molecular flexibility index (Phi) is 8.04. The Morgan fingerprint density at radius 2 is 1.82 bits per heavy atom. The average Bonchev–Trinajstić information content (AvgIpc) is 3.62. The standard InChI is InChI=1S/C29H25F2N3O4S2/c30-21-7-3-1-5-18(9-11-21)19-10-14-24-25(15-19)39-29(34-24)27(28(36)32-16-26(35)33-22-12-13-22)40(37,38)17-20-6-2-4-8-23(20)31/h1-11,14-15,22,27H,12-13,16-17H2,(H,32,36)(H,33,35)/b3-1?,5-1+,7-3+,11-9?,18-5?,18-9+,21-7?,21-11+. The van der Waals surface area contributed by atoms with E-state index in [4.69, 9.17) is 0 Å². The monoisotopic (exact) mass is 581 g/mol. The van der Waals surface area contributed by atoms with E-state index in [1.165, 1.54) is 30.4 Å². The third-order valence-corrected chi connectivity index (χ3v) is 9.41. The van der Waals surface area contributed by atoms with Crippen molar-refractivity contribution in [2.75, 3.05) is 6.54 Å². The molecule has 40 heavy (non-hydrogen) atoms. The summed E-state index contributed by atoms with van der Waals surface area (Å²) in [4.78, 5) is 29.9. The number of carbonyl (C=O) groups excluding carboxylic acids is 2. The summed E-state index contributed by atoms with van der Waals surface area (Å²) in [6.07, 6.45) is 11.1. The van der Waals surface area contributed by atoms with E-state index in [2.05, 4.69) is 15.6 Å². The van der Waals surface area contributed by atoms with Crippen LogP contribution in [0.4, 0.5) is 8.78 Å². The summed E-state index contributed by atoms with van der Waals surface area (Å²) >= 11 is 1.02. The first-order valence-electron chi connectivity index (χ1n) is 12.5. The van der Waals surface area contributed by atoms with E-state index in [-0.39, 0.29) is 16.6 Å². The van der Waals surface area contributed by atoms with Crippen molar-refractivity contribution in [1.82, 2.24) is 15.6 Å². The van der Waals surface area contributed by atoms with E-state index < -0.39 is 50.8 Å². The number of hydrogen-bond acceptors (Lipinski definition) is 6. The Hall–Kier alpha value is -3.96. The molecule has 2 N–H and O–H groups in total. The smallest absolute Gasteiger partial charge is 0.245 e. The molecule has 1 heterocycles. The fourth-order valence-corrected chi connectivity index (χ4v) is 7.30. The molecule has 1 unspecified atom stereocenters. The average molecular weight is 582 g/mol. The van der Waals surface area contributed by atoms with Crippen molar-refractivity contribution >= 4 is 48.8 Å². The Labute approximate surface area is 233 Å². The topological polar surface area (TPSA) is 105 Å². The molecule has 5 rings (SSSR count). The maximum atomic E-state index is 14.4. The minimum absolute atomic E-state index is 0.000322. The highest BCUT2D eigenvalue weighted by Crippen LogP contribution is 2.35. The quantitative estimate of drug-likeness (QED) is 0.376. The molecule has 2 amide bonds. The van der Waals surface area contributed by atoms with Crippen molar-refractivity contribution in [3.05, 3.63) is 107 Å². The summed E-state index contributed by atoms with van der Waals surface area (Å²) in [5.74, 6) is -3.17. The number of halogens is 2. The first-order valence-corrected chi connectivity index (χ1v) is 15.1. The zero-order chi connectivity index (χ0) is 28.3. The molecule has 0 saturated heterocycles. The molecule has 3 aromatic rings. The second-order valence-electron chi connectivity index (χ2n) is 9.46. The zero-order valence-corrected chi connectivity index (χ0v) is 22.8. The van der Waals surface area contributed by atoms with E-state index in [9.17, 15) is 26.8 Å². The van der Waals surface area contributed by atoms with Gasteiger partial charge < -0.3 is 10.6 Å². The van der Waals surface area contributed by atoms with Crippen LogP contribution in [0.3, 0.4) is 0 Å². The van der Waals surface area contributed by atoms with E-state index in [1.807, 2.05) is 6.08 Å². The summed E-state index contributed by atoms with van der Waals surface area (Å²) in [5.41, 5.74) is 1.85. The van der Waals surface area contributed by atoms with Crippen LogP contribution in [0.2, 0.25) is 0 Å². The SMILES string of the molecule is O=C(CNC(=O)C(c1nc2ccc(C3=C/C=C(F)\C=C\C=C\3)cc2s1)S(=O)(=O)Cc1ccccc1F)NC1CC1. The number of allylic oxidation sites excluding steroid dienone is 8. The summed E-state index contributed by atoms with van der Waals surface area (Å²) in [7, 11) is -4.32. The maximum absolute atomic E-state index is 14.4. The van der Waals surface area contributed by atoms with E-state index in [0.29, 0.717) is 10.2 Å². The highest BCUT2D eigenvalue weighted by atomic mass is 32.2. The van der Waals surface area contributed by atoms with E-state index in [1.54, 1.807) is 36.4 Å². The van der Waals surface area contributed by atoms with Gasteiger partial charge in [0, 0.05) is 11.6 Å². The second kappa shape index (κ2) is 11.6. The van der Waals surface area contributed by atoms with Gasteiger partial charge in [0.2, 0.25) is 11.8 Å². The molecule has 1 fully saturated rings. The van der Waals surface area contributed by atoms with Gasteiger partial charge in [0.15, 0.2) is 15.1 Å². The third kappa shape index (κ3) is 6.60. The number of carbonyl (C=O) groups is 2.